The van der Waals surface area contributed by atoms with E-state index in [2.05, 4.69) is 5.92 Å². The molecule has 1 N–H and O–H groups in total. The molecule has 2 unspecified atom stereocenters. The Morgan fingerprint density at radius 3 is 2.64 bits per heavy atom. The van der Waals surface area contributed by atoms with Gasteiger partial charge in [0.1, 0.15) is 0 Å². The molecule has 0 aromatic carbocycles. The van der Waals surface area contributed by atoms with Gasteiger partial charge < -0.3 is 4.55 Å². The van der Waals surface area contributed by atoms with Crippen molar-refractivity contribution in [2.24, 2.45) is 5.92 Å². The Kier molecular flexibility index (Phi) is 2.86. The van der Waals surface area contributed by atoms with Crippen LogP contribution < -0.4 is 0 Å². The molecule has 1 aliphatic carbocycles. The minimum absolute atomic E-state index is 0.162. The smallest absolute Gasteiger partial charge is 0.159 e. The molecule has 11 heavy (non-hydrogen) atoms. The van der Waals surface area contributed by atoms with E-state index in [1.807, 2.05) is 6.08 Å². The maximum atomic E-state index is 10.6. The van der Waals surface area contributed by atoms with Gasteiger partial charge in [-0.15, -0.1) is 6.42 Å². The highest BCUT2D eigenvalue weighted by molar-refractivity contribution is 7.80. The van der Waals surface area contributed by atoms with Crippen molar-refractivity contribution in [2.75, 3.05) is 0 Å². The molecule has 0 saturated heterocycles. The first-order valence-corrected chi connectivity index (χ1v) is 4.65. The van der Waals surface area contributed by atoms with E-state index in [1.165, 1.54) is 0 Å². The predicted octanol–water partition coefficient (Wildman–Crippen LogP) is 1.18. The number of hydrogen-bond donors (Lipinski definition) is 1. The normalized spacial score (nSPS) is 32.7. The standard InChI is InChI=1S/C8H10O2S/c1-2-7-3-5-8(6-4-7)11(9)10/h1,3,5,7-8H,4,6H2,(H,9,10)/t7-,8?/m1/s1. The third-order valence-corrected chi connectivity index (χ3v) is 2.70. The Balaban J connectivity index is 2.57. The zero-order valence-electron chi connectivity index (χ0n) is 6.06. The Morgan fingerprint density at radius 2 is 2.27 bits per heavy atom. The molecule has 3 atom stereocenters. The molecule has 0 amide bonds. The molecule has 2 nitrogen and oxygen atoms in total. The van der Waals surface area contributed by atoms with Crippen LogP contribution in [0.4, 0.5) is 0 Å². The number of allylic oxidation sites excluding steroid dienone is 1. The second kappa shape index (κ2) is 3.70. The van der Waals surface area contributed by atoms with Crippen LogP contribution in [0.3, 0.4) is 0 Å². The van der Waals surface area contributed by atoms with Gasteiger partial charge in [-0.05, 0) is 12.8 Å². The Morgan fingerprint density at radius 1 is 1.55 bits per heavy atom. The van der Waals surface area contributed by atoms with Gasteiger partial charge in [0.25, 0.3) is 0 Å². The summed E-state index contributed by atoms with van der Waals surface area (Å²) in [7, 11) is 0. The molecular weight excluding hydrogens is 160 g/mol. The average Bonchev–Trinajstić information content (AvgIpc) is 2.05. The summed E-state index contributed by atoms with van der Waals surface area (Å²) in [6, 6.07) is 0. The van der Waals surface area contributed by atoms with Crippen molar-refractivity contribution in [3.05, 3.63) is 12.2 Å². The van der Waals surface area contributed by atoms with Gasteiger partial charge in [0.05, 0.1) is 5.25 Å². The van der Waals surface area contributed by atoms with E-state index in [0.29, 0.717) is 6.42 Å². The van der Waals surface area contributed by atoms with E-state index in [1.54, 1.807) is 6.08 Å². The first-order valence-electron chi connectivity index (χ1n) is 3.48. The van der Waals surface area contributed by atoms with Crippen LogP contribution in [-0.2, 0) is 11.1 Å². The van der Waals surface area contributed by atoms with Gasteiger partial charge >= 0.3 is 0 Å². The second-order valence-corrected chi connectivity index (χ2v) is 3.71. The quantitative estimate of drug-likeness (QED) is 0.364. The lowest BCUT2D eigenvalue weighted by Gasteiger charge is -2.15. The van der Waals surface area contributed by atoms with Crippen molar-refractivity contribution in [1.29, 1.82) is 0 Å². The summed E-state index contributed by atoms with van der Waals surface area (Å²) in [5.41, 5.74) is 0. The summed E-state index contributed by atoms with van der Waals surface area (Å²) in [5.74, 6) is 2.76. The van der Waals surface area contributed by atoms with Gasteiger partial charge in [-0.1, -0.05) is 18.1 Å². The molecule has 0 saturated carbocycles. The average molecular weight is 170 g/mol. The van der Waals surface area contributed by atoms with Gasteiger partial charge in [0.2, 0.25) is 0 Å². The molecule has 0 spiro atoms. The fourth-order valence-corrected chi connectivity index (χ4v) is 1.66. The highest BCUT2D eigenvalue weighted by atomic mass is 32.2. The third-order valence-electron chi connectivity index (χ3n) is 1.79. The summed E-state index contributed by atoms with van der Waals surface area (Å²) < 4.78 is 19.3. The lowest BCUT2D eigenvalue weighted by Crippen LogP contribution is -2.16. The summed E-state index contributed by atoms with van der Waals surface area (Å²) in [5, 5.41) is -0.209. The van der Waals surface area contributed by atoms with E-state index >= 15 is 0 Å². The summed E-state index contributed by atoms with van der Waals surface area (Å²) in [6.07, 6.45) is 10.3. The maximum absolute atomic E-state index is 10.6. The predicted molar refractivity (Wildman–Crippen MR) is 45.3 cm³/mol. The lowest BCUT2D eigenvalue weighted by molar-refractivity contribution is 0.539. The monoisotopic (exact) mass is 170 g/mol. The Bertz CT molecular complexity index is 227. The number of hydrogen-bond acceptors (Lipinski definition) is 1. The molecule has 0 aromatic heterocycles. The van der Waals surface area contributed by atoms with Crippen molar-refractivity contribution in [3.63, 3.8) is 0 Å². The van der Waals surface area contributed by atoms with Crippen LogP contribution in [0.1, 0.15) is 12.8 Å². The molecule has 0 bridgehead atoms. The zero-order chi connectivity index (χ0) is 8.27. The van der Waals surface area contributed by atoms with Crippen LogP contribution in [0.2, 0.25) is 0 Å². The van der Waals surface area contributed by atoms with Crippen LogP contribution in [0.25, 0.3) is 0 Å². The molecule has 1 rings (SSSR count). The SMILES string of the molecule is C#C[C@@H]1C=CC(S(=O)O)CC1. The summed E-state index contributed by atoms with van der Waals surface area (Å²) in [6.45, 7) is 0. The van der Waals surface area contributed by atoms with Crippen LogP contribution >= 0.6 is 0 Å². The van der Waals surface area contributed by atoms with Crippen LogP contribution in [0.5, 0.6) is 0 Å². The minimum Gasteiger partial charge on any atom is -0.306 e. The van der Waals surface area contributed by atoms with Gasteiger partial charge in [0, 0.05) is 5.92 Å². The van der Waals surface area contributed by atoms with Gasteiger partial charge in [-0.25, -0.2) is 4.21 Å². The highest BCUT2D eigenvalue weighted by Crippen LogP contribution is 2.19. The molecule has 1 aliphatic rings. The largest absolute Gasteiger partial charge is 0.306 e. The van der Waals surface area contributed by atoms with Crippen LogP contribution in [0, 0.1) is 18.3 Å². The van der Waals surface area contributed by atoms with E-state index in [4.69, 9.17) is 11.0 Å². The molecule has 0 aliphatic heterocycles. The molecular formula is C8H10O2S. The molecule has 3 heteroatoms. The molecule has 0 heterocycles. The molecule has 0 radical (unpaired) electrons. The zero-order valence-corrected chi connectivity index (χ0v) is 6.88. The number of rotatable bonds is 1. The Labute approximate surface area is 69.0 Å². The molecule has 0 aromatic rings. The lowest BCUT2D eigenvalue weighted by atomic mass is 9.97. The Hall–Kier alpha value is -0.590. The second-order valence-electron chi connectivity index (χ2n) is 2.55. The van der Waals surface area contributed by atoms with E-state index < -0.39 is 11.1 Å². The maximum Gasteiger partial charge on any atom is 0.159 e. The molecule has 0 fully saturated rings. The van der Waals surface area contributed by atoms with Crippen molar-refractivity contribution >= 4 is 11.1 Å². The van der Waals surface area contributed by atoms with Crippen LogP contribution in [-0.4, -0.2) is 14.0 Å². The third kappa shape index (κ3) is 2.18. The van der Waals surface area contributed by atoms with Crippen molar-refractivity contribution in [1.82, 2.24) is 0 Å². The molecule has 60 valence electrons. The van der Waals surface area contributed by atoms with E-state index in [9.17, 15) is 4.21 Å². The van der Waals surface area contributed by atoms with Gasteiger partial charge in [-0.2, -0.15) is 0 Å². The fourth-order valence-electron chi connectivity index (χ4n) is 1.10. The highest BCUT2D eigenvalue weighted by Gasteiger charge is 2.17. The summed E-state index contributed by atoms with van der Waals surface area (Å²) in [4.78, 5) is 0. The fraction of sp³-hybridized carbons (Fsp3) is 0.500. The minimum atomic E-state index is -1.72. The van der Waals surface area contributed by atoms with Crippen molar-refractivity contribution in [2.45, 2.75) is 18.1 Å². The first-order chi connectivity index (χ1) is 5.24. The van der Waals surface area contributed by atoms with Gasteiger partial charge in [-0.3, -0.25) is 0 Å². The van der Waals surface area contributed by atoms with E-state index in [-0.39, 0.29) is 11.2 Å². The van der Waals surface area contributed by atoms with Gasteiger partial charge in [0.15, 0.2) is 11.1 Å². The summed E-state index contributed by atoms with van der Waals surface area (Å²) >= 11 is -1.72. The van der Waals surface area contributed by atoms with E-state index in [0.717, 1.165) is 6.42 Å². The van der Waals surface area contributed by atoms with Crippen LogP contribution in [0.15, 0.2) is 12.2 Å². The van der Waals surface area contributed by atoms with Crippen molar-refractivity contribution < 1.29 is 8.76 Å². The van der Waals surface area contributed by atoms with Crippen molar-refractivity contribution in [3.8, 4) is 12.3 Å². The first kappa shape index (κ1) is 8.51. The topological polar surface area (TPSA) is 37.3 Å². The number of terminal acetylenes is 1.